The molecule has 3 N–H and O–H groups in total. The fourth-order valence-electron chi connectivity index (χ4n) is 1.26. The van der Waals surface area contributed by atoms with E-state index in [2.05, 4.69) is 15.7 Å². The number of hydrogen-bond donors (Lipinski definition) is 3. The van der Waals surface area contributed by atoms with Crippen LogP contribution in [0.4, 0.5) is 4.79 Å². The predicted octanol–water partition coefficient (Wildman–Crippen LogP) is -0.00980. The molecule has 0 radical (unpaired) electrons. The van der Waals surface area contributed by atoms with Crippen molar-refractivity contribution in [3.05, 3.63) is 18.0 Å². The summed E-state index contributed by atoms with van der Waals surface area (Å²) in [7, 11) is 1.82. The Morgan fingerprint density at radius 2 is 2.44 bits per heavy atom. The zero-order valence-electron chi connectivity index (χ0n) is 9.60. The number of aliphatic hydroxyl groups excluding tert-OH is 1. The van der Waals surface area contributed by atoms with Gasteiger partial charge in [0.1, 0.15) is 0 Å². The Balaban J connectivity index is 2.30. The molecule has 0 fully saturated rings. The van der Waals surface area contributed by atoms with E-state index in [4.69, 9.17) is 5.11 Å². The molecule has 0 spiro atoms. The van der Waals surface area contributed by atoms with Crippen molar-refractivity contribution in [3.63, 3.8) is 0 Å². The maximum Gasteiger partial charge on any atom is 0.315 e. The van der Waals surface area contributed by atoms with Crippen LogP contribution < -0.4 is 10.6 Å². The summed E-state index contributed by atoms with van der Waals surface area (Å²) in [4.78, 5) is 11.4. The lowest BCUT2D eigenvalue weighted by Gasteiger charge is -2.14. The van der Waals surface area contributed by atoms with Crippen molar-refractivity contribution < 1.29 is 9.90 Å². The van der Waals surface area contributed by atoms with Crippen molar-refractivity contribution in [1.29, 1.82) is 0 Å². The van der Waals surface area contributed by atoms with Crippen LogP contribution in [0.5, 0.6) is 0 Å². The first kappa shape index (κ1) is 12.5. The Morgan fingerprint density at radius 1 is 1.69 bits per heavy atom. The van der Waals surface area contributed by atoms with Gasteiger partial charge in [0, 0.05) is 25.4 Å². The highest BCUT2D eigenvalue weighted by atomic mass is 16.3. The second kappa shape index (κ2) is 6.12. The fourth-order valence-corrected chi connectivity index (χ4v) is 1.26. The molecule has 0 saturated heterocycles. The van der Waals surface area contributed by atoms with E-state index in [1.54, 1.807) is 10.9 Å². The Kier molecular flexibility index (Phi) is 4.78. The average Bonchev–Trinajstić information content (AvgIpc) is 2.69. The number of nitrogens with zero attached hydrogens (tertiary/aromatic N) is 2. The van der Waals surface area contributed by atoms with Crippen molar-refractivity contribution in [1.82, 2.24) is 20.4 Å². The van der Waals surface area contributed by atoms with E-state index >= 15 is 0 Å². The van der Waals surface area contributed by atoms with E-state index in [-0.39, 0.29) is 18.7 Å². The number of aromatic nitrogens is 2. The van der Waals surface area contributed by atoms with Crippen LogP contribution in [-0.2, 0) is 13.6 Å². The number of amides is 2. The second-order valence-electron chi connectivity index (χ2n) is 3.64. The van der Waals surface area contributed by atoms with E-state index in [0.29, 0.717) is 13.0 Å². The van der Waals surface area contributed by atoms with Gasteiger partial charge in [0.15, 0.2) is 0 Å². The zero-order chi connectivity index (χ0) is 12.0. The lowest BCUT2D eigenvalue weighted by atomic mass is 10.2. The van der Waals surface area contributed by atoms with Crippen molar-refractivity contribution >= 4 is 6.03 Å². The maximum atomic E-state index is 11.4. The van der Waals surface area contributed by atoms with E-state index in [1.165, 1.54) is 0 Å². The number of aliphatic hydroxyl groups is 1. The molecule has 1 rings (SSSR count). The van der Waals surface area contributed by atoms with Gasteiger partial charge in [-0.1, -0.05) is 6.92 Å². The average molecular weight is 226 g/mol. The monoisotopic (exact) mass is 226 g/mol. The fraction of sp³-hybridized carbons (Fsp3) is 0.600. The Morgan fingerprint density at radius 3 is 2.94 bits per heavy atom. The molecule has 6 nitrogen and oxygen atoms in total. The lowest BCUT2D eigenvalue weighted by Crippen LogP contribution is -2.43. The highest BCUT2D eigenvalue weighted by Gasteiger charge is 2.08. The van der Waals surface area contributed by atoms with Gasteiger partial charge < -0.3 is 15.7 Å². The minimum atomic E-state index is -0.273. The van der Waals surface area contributed by atoms with Crippen LogP contribution in [0.25, 0.3) is 0 Å². The highest BCUT2D eigenvalue weighted by molar-refractivity contribution is 5.74. The minimum Gasteiger partial charge on any atom is -0.394 e. The van der Waals surface area contributed by atoms with Crippen molar-refractivity contribution in [2.45, 2.75) is 25.9 Å². The topological polar surface area (TPSA) is 79.2 Å². The van der Waals surface area contributed by atoms with Gasteiger partial charge in [-0.05, 0) is 6.42 Å². The van der Waals surface area contributed by atoms with Crippen LogP contribution in [0.1, 0.15) is 18.9 Å². The van der Waals surface area contributed by atoms with Crippen molar-refractivity contribution in [2.24, 2.45) is 7.05 Å². The molecule has 0 aliphatic heterocycles. The Bertz CT molecular complexity index is 333. The molecule has 1 heterocycles. The van der Waals surface area contributed by atoms with Crippen LogP contribution in [-0.4, -0.2) is 33.6 Å². The summed E-state index contributed by atoms with van der Waals surface area (Å²) in [5.74, 6) is 0. The van der Waals surface area contributed by atoms with Gasteiger partial charge in [-0.25, -0.2) is 4.79 Å². The largest absolute Gasteiger partial charge is 0.394 e. The summed E-state index contributed by atoms with van der Waals surface area (Å²) in [6.45, 7) is 2.29. The van der Waals surface area contributed by atoms with Crippen LogP contribution in [0.2, 0.25) is 0 Å². The van der Waals surface area contributed by atoms with Crippen LogP contribution in [0, 0.1) is 0 Å². The molecular formula is C10H18N4O2. The Labute approximate surface area is 94.6 Å². The summed E-state index contributed by atoms with van der Waals surface area (Å²) < 4.78 is 1.68. The summed E-state index contributed by atoms with van der Waals surface area (Å²) in [5, 5.41) is 18.3. The first-order valence-corrected chi connectivity index (χ1v) is 5.28. The van der Waals surface area contributed by atoms with Gasteiger partial charge in [0.25, 0.3) is 0 Å². The highest BCUT2D eigenvalue weighted by Crippen LogP contribution is 1.95. The smallest absolute Gasteiger partial charge is 0.315 e. The summed E-state index contributed by atoms with van der Waals surface area (Å²) in [6, 6.07) is -0.460. The zero-order valence-corrected chi connectivity index (χ0v) is 9.60. The number of nitrogens with one attached hydrogen (secondary N) is 2. The van der Waals surface area contributed by atoms with Crippen LogP contribution >= 0.6 is 0 Å². The first-order chi connectivity index (χ1) is 7.65. The molecule has 0 aliphatic carbocycles. The number of aryl methyl sites for hydroxylation is 1. The maximum absolute atomic E-state index is 11.4. The molecule has 1 aromatic heterocycles. The molecule has 90 valence electrons. The normalized spacial score (nSPS) is 12.2. The van der Waals surface area contributed by atoms with Crippen LogP contribution in [0.3, 0.4) is 0 Å². The molecule has 1 aromatic rings. The second-order valence-corrected chi connectivity index (χ2v) is 3.64. The quantitative estimate of drug-likeness (QED) is 0.660. The standard InChI is InChI=1S/C10H18N4O2/c1-3-9(7-15)13-10(16)11-4-8-5-12-14(2)6-8/h5-6,9,15H,3-4,7H2,1-2H3,(H2,11,13,16). The van der Waals surface area contributed by atoms with Gasteiger partial charge in [0.05, 0.1) is 18.8 Å². The van der Waals surface area contributed by atoms with Gasteiger partial charge in [0.2, 0.25) is 0 Å². The van der Waals surface area contributed by atoms with E-state index in [1.807, 2.05) is 20.2 Å². The molecule has 2 amide bonds. The van der Waals surface area contributed by atoms with Crippen LogP contribution in [0.15, 0.2) is 12.4 Å². The molecule has 0 aliphatic rings. The third-order valence-corrected chi connectivity index (χ3v) is 2.26. The third-order valence-electron chi connectivity index (χ3n) is 2.26. The van der Waals surface area contributed by atoms with Crippen molar-refractivity contribution in [2.75, 3.05) is 6.61 Å². The van der Waals surface area contributed by atoms with Crippen molar-refractivity contribution in [3.8, 4) is 0 Å². The lowest BCUT2D eigenvalue weighted by molar-refractivity contribution is 0.214. The molecule has 0 bridgehead atoms. The number of carbonyl (C=O) groups excluding carboxylic acids is 1. The van der Waals surface area contributed by atoms with Gasteiger partial charge in [-0.3, -0.25) is 4.68 Å². The predicted molar refractivity (Wildman–Crippen MR) is 59.7 cm³/mol. The first-order valence-electron chi connectivity index (χ1n) is 5.28. The molecular weight excluding hydrogens is 208 g/mol. The van der Waals surface area contributed by atoms with Gasteiger partial charge in [-0.2, -0.15) is 5.10 Å². The van der Waals surface area contributed by atoms with E-state index in [9.17, 15) is 4.79 Å². The molecule has 0 aromatic carbocycles. The number of hydrogen-bond acceptors (Lipinski definition) is 3. The molecule has 6 heteroatoms. The molecule has 0 saturated carbocycles. The Hall–Kier alpha value is -1.56. The third kappa shape index (κ3) is 3.90. The number of carbonyl (C=O) groups is 1. The van der Waals surface area contributed by atoms with E-state index in [0.717, 1.165) is 5.56 Å². The number of urea groups is 1. The van der Waals surface area contributed by atoms with Gasteiger partial charge in [-0.15, -0.1) is 0 Å². The van der Waals surface area contributed by atoms with Gasteiger partial charge >= 0.3 is 6.03 Å². The summed E-state index contributed by atoms with van der Waals surface area (Å²) >= 11 is 0. The molecule has 1 atom stereocenters. The summed E-state index contributed by atoms with van der Waals surface area (Å²) in [5.41, 5.74) is 0.940. The molecule has 16 heavy (non-hydrogen) atoms. The van der Waals surface area contributed by atoms with E-state index < -0.39 is 0 Å². The minimum absolute atomic E-state index is 0.0448. The molecule has 1 unspecified atom stereocenters. The summed E-state index contributed by atoms with van der Waals surface area (Å²) in [6.07, 6.45) is 4.24. The number of rotatable bonds is 5. The SMILES string of the molecule is CCC(CO)NC(=O)NCc1cnn(C)c1.